The third-order valence-electron chi connectivity index (χ3n) is 7.24. The molecule has 6 rings (SSSR count). The van der Waals surface area contributed by atoms with Crippen LogP contribution in [0.15, 0.2) is 119 Å². The van der Waals surface area contributed by atoms with Crippen LogP contribution in [-0.2, 0) is 6.61 Å². The van der Waals surface area contributed by atoms with Crippen LogP contribution in [0.1, 0.15) is 32.9 Å². The average Bonchev–Trinajstić information content (AvgIpc) is 3.32. The monoisotopic (exact) mass is 568 g/mol. The predicted molar refractivity (Wildman–Crippen MR) is 167 cm³/mol. The number of fused-ring (bicyclic) bond motifs is 1. The molecule has 0 amide bonds. The van der Waals surface area contributed by atoms with Gasteiger partial charge in [-0.05, 0) is 74.0 Å². The second-order valence-corrected chi connectivity index (χ2v) is 10.1. The maximum absolute atomic E-state index is 13.5. The number of hydrogen-bond acceptors (Lipinski definition) is 5. The van der Waals surface area contributed by atoms with Crippen molar-refractivity contribution >= 4 is 23.1 Å². The molecule has 0 fully saturated rings. The standard InChI is InChI=1S/C35H28N4O4/c1-23-19-28(21-36-39-33(26-10-4-3-5-11-26)37-32-14-7-6-13-31(32)34(39)40)24(2)38(23)29-15-17-30(18-16-29)43-22-25-9-8-12-27(20-25)35(41)42/h3-21H,22H2,1-2H3,(H,41,42). The Hall–Kier alpha value is -5.76. The lowest BCUT2D eigenvalue weighted by molar-refractivity contribution is 0.0696. The van der Waals surface area contributed by atoms with Crippen molar-refractivity contribution in [3.05, 3.63) is 148 Å². The van der Waals surface area contributed by atoms with Crippen LogP contribution in [0.2, 0.25) is 0 Å². The first-order valence-electron chi connectivity index (χ1n) is 13.7. The molecular formula is C35H28N4O4. The number of para-hydroxylation sites is 1. The van der Waals surface area contributed by atoms with E-state index < -0.39 is 5.97 Å². The van der Waals surface area contributed by atoms with Gasteiger partial charge in [0, 0.05) is 28.2 Å². The van der Waals surface area contributed by atoms with Crippen LogP contribution in [0.3, 0.4) is 0 Å². The summed E-state index contributed by atoms with van der Waals surface area (Å²) in [5, 5.41) is 14.4. The van der Waals surface area contributed by atoms with Crippen LogP contribution >= 0.6 is 0 Å². The SMILES string of the molecule is Cc1cc(C=Nn2c(-c3ccccc3)nc3ccccc3c2=O)c(C)n1-c1ccc(OCc2cccc(C(=O)O)c2)cc1. The molecule has 0 radical (unpaired) electrons. The molecule has 2 heterocycles. The Kier molecular flexibility index (Phi) is 7.41. The number of nitrogens with zero attached hydrogens (tertiary/aromatic N) is 4. The minimum absolute atomic E-state index is 0.229. The van der Waals surface area contributed by atoms with Crippen LogP contribution in [0.5, 0.6) is 5.75 Å². The number of rotatable bonds is 8. The molecule has 0 unspecified atom stereocenters. The van der Waals surface area contributed by atoms with E-state index in [0.29, 0.717) is 22.5 Å². The van der Waals surface area contributed by atoms with E-state index in [0.717, 1.165) is 33.8 Å². The zero-order chi connectivity index (χ0) is 29.9. The fourth-order valence-electron chi connectivity index (χ4n) is 5.09. The zero-order valence-electron chi connectivity index (χ0n) is 23.6. The molecule has 6 aromatic rings. The number of carboxylic acid groups (broad SMARTS) is 1. The van der Waals surface area contributed by atoms with Gasteiger partial charge in [-0.2, -0.15) is 9.78 Å². The van der Waals surface area contributed by atoms with Crippen LogP contribution in [0, 0.1) is 13.8 Å². The summed E-state index contributed by atoms with van der Waals surface area (Å²) < 4.78 is 9.37. The molecule has 0 saturated heterocycles. The summed E-state index contributed by atoms with van der Waals surface area (Å²) in [7, 11) is 0. The quantitative estimate of drug-likeness (QED) is 0.208. The van der Waals surface area contributed by atoms with Crippen molar-refractivity contribution < 1.29 is 14.6 Å². The molecule has 8 nitrogen and oxygen atoms in total. The van der Waals surface area contributed by atoms with Gasteiger partial charge in [0.05, 0.1) is 22.7 Å². The molecule has 43 heavy (non-hydrogen) atoms. The number of aromatic carboxylic acids is 1. The zero-order valence-corrected chi connectivity index (χ0v) is 23.6. The number of aryl methyl sites for hydroxylation is 1. The molecule has 0 aliphatic rings. The molecule has 212 valence electrons. The molecule has 1 N–H and O–H groups in total. The lowest BCUT2D eigenvalue weighted by Crippen LogP contribution is -2.20. The summed E-state index contributed by atoms with van der Waals surface area (Å²) in [6.45, 7) is 4.29. The number of ether oxygens (including phenoxy) is 1. The second-order valence-electron chi connectivity index (χ2n) is 10.1. The summed E-state index contributed by atoms with van der Waals surface area (Å²) in [5.41, 5.74) is 5.98. The molecule has 4 aromatic carbocycles. The van der Waals surface area contributed by atoms with E-state index in [1.807, 2.05) is 98.8 Å². The Balaban J connectivity index is 1.28. The predicted octanol–water partition coefficient (Wildman–Crippen LogP) is 6.63. The smallest absolute Gasteiger partial charge is 0.335 e. The van der Waals surface area contributed by atoms with Gasteiger partial charge in [0.15, 0.2) is 5.82 Å². The molecule has 2 aromatic heterocycles. The third kappa shape index (κ3) is 5.58. The molecule has 0 atom stereocenters. The topological polar surface area (TPSA) is 98.7 Å². The number of carboxylic acids is 1. The van der Waals surface area contributed by atoms with Gasteiger partial charge < -0.3 is 14.4 Å². The van der Waals surface area contributed by atoms with Crippen molar-refractivity contribution in [2.24, 2.45) is 5.10 Å². The average molecular weight is 569 g/mol. The third-order valence-corrected chi connectivity index (χ3v) is 7.24. The molecule has 0 aliphatic carbocycles. The van der Waals surface area contributed by atoms with E-state index in [4.69, 9.17) is 9.72 Å². The van der Waals surface area contributed by atoms with Gasteiger partial charge in [0.2, 0.25) is 0 Å². The normalized spacial score (nSPS) is 11.3. The molecular weight excluding hydrogens is 540 g/mol. The Labute approximate surface area is 247 Å². The largest absolute Gasteiger partial charge is 0.489 e. The maximum Gasteiger partial charge on any atom is 0.335 e. The summed E-state index contributed by atoms with van der Waals surface area (Å²) >= 11 is 0. The van der Waals surface area contributed by atoms with Crippen molar-refractivity contribution in [2.75, 3.05) is 0 Å². The van der Waals surface area contributed by atoms with E-state index >= 15 is 0 Å². The number of aromatic nitrogens is 3. The van der Waals surface area contributed by atoms with E-state index in [9.17, 15) is 14.7 Å². The van der Waals surface area contributed by atoms with E-state index in [1.54, 1.807) is 30.5 Å². The van der Waals surface area contributed by atoms with E-state index in [2.05, 4.69) is 9.67 Å². The Morgan fingerprint density at radius 1 is 0.907 bits per heavy atom. The van der Waals surface area contributed by atoms with Crippen LogP contribution in [0.25, 0.3) is 28.0 Å². The van der Waals surface area contributed by atoms with Crippen LogP contribution in [-0.4, -0.2) is 31.5 Å². The van der Waals surface area contributed by atoms with Crippen molar-refractivity contribution in [1.29, 1.82) is 0 Å². The summed E-state index contributed by atoms with van der Waals surface area (Å²) in [5.74, 6) is 0.177. The summed E-state index contributed by atoms with van der Waals surface area (Å²) in [6.07, 6.45) is 1.70. The Bertz CT molecular complexity index is 2040. The minimum atomic E-state index is -0.967. The van der Waals surface area contributed by atoms with Crippen molar-refractivity contribution in [1.82, 2.24) is 14.2 Å². The van der Waals surface area contributed by atoms with Crippen molar-refractivity contribution in [3.8, 4) is 22.8 Å². The minimum Gasteiger partial charge on any atom is -0.489 e. The number of hydrogen-bond donors (Lipinski definition) is 1. The Morgan fingerprint density at radius 2 is 1.65 bits per heavy atom. The van der Waals surface area contributed by atoms with Crippen molar-refractivity contribution in [2.45, 2.75) is 20.5 Å². The highest BCUT2D eigenvalue weighted by Gasteiger charge is 2.14. The fourth-order valence-corrected chi connectivity index (χ4v) is 5.09. The fraction of sp³-hybridized carbons (Fsp3) is 0.0857. The molecule has 0 bridgehead atoms. The first-order chi connectivity index (χ1) is 20.9. The Morgan fingerprint density at radius 3 is 2.42 bits per heavy atom. The van der Waals surface area contributed by atoms with Gasteiger partial charge in [-0.1, -0.05) is 54.6 Å². The molecule has 0 saturated carbocycles. The molecule has 0 spiro atoms. The van der Waals surface area contributed by atoms with Gasteiger partial charge >= 0.3 is 5.97 Å². The van der Waals surface area contributed by atoms with E-state index in [1.165, 1.54) is 4.68 Å². The lowest BCUT2D eigenvalue weighted by Gasteiger charge is -2.12. The van der Waals surface area contributed by atoms with Gasteiger partial charge in [-0.3, -0.25) is 4.79 Å². The first kappa shape index (κ1) is 27.4. The highest BCUT2D eigenvalue weighted by atomic mass is 16.5. The van der Waals surface area contributed by atoms with Gasteiger partial charge in [-0.15, -0.1) is 0 Å². The maximum atomic E-state index is 13.5. The number of carbonyl (C=O) groups is 1. The summed E-state index contributed by atoms with van der Waals surface area (Å²) in [6, 6.07) is 33.3. The van der Waals surface area contributed by atoms with Gasteiger partial charge in [0.1, 0.15) is 12.4 Å². The second kappa shape index (κ2) is 11.6. The molecule has 0 aliphatic heterocycles. The van der Waals surface area contributed by atoms with Crippen LogP contribution in [0.4, 0.5) is 0 Å². The highest BCUT2D eigenvalue weighted by Crippen LogP contribution is 2.24. The highest BCUT2D eigenvalue weighted by molar-refractivity contribution is 5.87. The summed E-state index contributed by atoms with van der Waals surface area (Å²) in [4.78, 5) is 29.5. The lowest BCUT2D eigenvalue weighted by atomic mass is 10.1. The number of benzene rings is 4. The van der Waals surface area contributed by atoms with Crippen LogP contribution < -0.4 is 10.3 Å². The molecule has 8 heteroatoms. The van der Waals surface area contributed by atoms with Crippen molar-refractivity contribution in [3.63, 3.8) is 0 Å². The first-order valence-corrected chi connectivity index (χ1v) is 13.7. The van der Waals surface area contributed by atoms with E-state index in [-0.39, 0.29) is 17.7 Å². The van der Waals surface area contributed by atoms with Gasteiger partial charge in [0.25, 0.3) is 5.56 Å². The van der Waals surface area contributed by atoms with Gasteiger partial charge in [-0.25, -0.2) is 9.78 Å².